The highest BCUT2D eigenvalue weighted by Crippen LogP contribution is 2.27. The molecule has 1 aliphatic rings. The number of rotatable bonds is 4. The van der Waals surface area contributed by atoms with Crippen molar-refractivity contribution in [3.63, 3.8) is 0 Å². The molecule has 2 nitrogen and oxygen atoms in total. The normalized spacial score (nSPS) is 16.6. The molecule has 0 spiro atoms. The monoisotopic (exact) mass is 218 g/mol. The average molecular weight is 218 g/mol. The van der Waals surface area contributed by atoms with Gasteiger partial charge >= 0.3 is 0 Å². The van der Waals surface area contributed by atoms with Crippen molar-refractivity contribution in [2.45, 2.75) is 32.6 Å². The molecule has 1 fully saturated rings. The minimum Gasteiger partial charge on any atom is -0.399 e. The maximum Gasteiger partial charge on any atom is 0.0386 e. The Labute approximate surface area is 98.4 Å². The largest absolute Gasteiger partial charge is 0.399 e. The summed E-state index contributed by atoms with van der Waals surface area (Å²) >= 11 is 0. The fraction of sp³-hybridized carbons (Fsp3) is 0.571. The van der Waals surface area contributed by atoms with E-state index in [1.807, 2.05) is 12.1 Å². The summed E-state index contributed by atoms with van der Waals surface area (Å²) in [6.07, 6.45) is 5.63. The first kappa shape index (κ1) is 11.3. The van der Waals surface area contributed by atoms with Gasteiger partial charge in [-0.15, -0.1) is 0 Å². The van der Waals surface area contributed by atoms with Gasteiger partial charge in [-0.2, -0.15) is 0 Å². The van der Waals surface area contributed by atoms with Gasteiger partial charge in [0.2, 0.25) is 0 Å². The lowest BCUT2D eigenvalue weighted by Crippen LogP contribution is -2.28. The summed E-state index contributed by atoms with van der Waals surface area (Å²) in [7, 11) is 0. The third-order valence-corrected chi connectivity index (χ3v) is 3.57. The van der Waals surface area contributed by atoms with Crippen LogP contribution in [0, 0.1) is 5.92 Å². The summed E-state index contributed by atoms with van der Waals surface area (Å²) in [6, 6.07) is 8.24. The zero-order chi connectivity index (χ0) is 11.4. The molecule has 1 saturated carbocycles. The van der Waals surface area contributed by atoms with E-state index < -0.39 is 0 Å². The lowest BCUT2D eigenvalue weighted by Gasteiger charge is -2.26. The molecule has 1 aliphatic carbocycles. The second-order valence-corrected chi connectivity index (χ2v) is 4.78. The minimum absolute atomic E-state index is 0.863. The molecule has 1 aromatic rings. The average Bonchev–Trinajstić information content (AvgIpc) is 2.78. The van der Waals surface area contributed by atoms with Crippen molar-refractivity contribution in [3.8, 4) is 0 Å². The zero-order valence-corrected chi connectivity index (χ0v) is 10.2. The molecule has 16 heavy (non-hydrogen) atoms. The van der Waals surface area contributed by atoms with Gasteiger partial charge in [0, 0.05) is 24.5 Å². The van der Waals surface area contributed by atoms with Crippen LogP contribution >= 0.6 is 0 Å². The first-order chi connectivity index (χ1) is 7.79. The van der Waals surface area contributed by atoms with Crippen molar-refractivity contribution < 1.29 is 0 Å². The third-order valence-electron chi connectivity index (χ3n) is 3.57. The van der Waals surface area contributed by atoms with Gasteiger partial charge in [0.1, 0.15) is 0 Å². The summed E-state index contributed by atoms with van der Waals surface area (Å²) < 4.78 is 0. The van der Waals surface area contributed by atoms with E-state index in [1.54, 1.807) is 0 Å². The fourth-order valence-corrected chi connectivity index (χ4v) is 2.64. The third kappa shape index (κ3) is 2.69. The second-order valence-electron chi connectivity index (χ2n) is 4.78. The van der Waals surface area contributed by atoms with Crippen molar-refractivity contribution in [1.29, 1.82) is 0 Å². The van der Waals surface area contributed by atoms with Gasteiger partial charge in [-0.05, 0) is 43.9 Å². The number of nitrogens with zero attached hydrogens (tertiary/aromatic N) is 1. The molecule has 0 aliphatic heterocycles. The van der Waals surface area contributed by atoms with Crippen LogP contribution in [0.1, 0.15) is 32.6 Å². The Morgan fingerprint density at radius 1 is 1.31 bits per heavy atom. The molecule has 2 rings (SSSR count). The van der Waals surface area contributed by atoms with Gasteiger partial charge in [-0.1, -0.05) is 18.9 Å². The van der Waals surface area contributed by atoms with E-state index in [-0.39, 0.29) is 0 Å². The minimum atomic E-state index is 0.863. The van der Waals surface area contributed by atoms with Gasteiger partial charge < -0.3 is 10.6 Å². The van der Waals surface area contributed by atoms with E-state index >= 15 is 0 Å². The Balaban J connectivity index is 2.03. The van der Waals surface area contributed by atoms with Crippen LogP contribution in [-0.2, 0) is 0 Å². The first-order valence-corrected chi connectivity index (χ1v) is 6.40. The molecule has 2 heteroatoms. The summed E-state index contributed by atoms with van der Waals surface area (Å²) in [4.78, 5) is 2.45. The van der Waals surface area contributed by atoms with E-state index in [2.05, 4.69) is 24.0 Å². The van der Waals surface area contributed by atoms with Gasteiger partial charge in [0.05, 0.1) is 0 Å². The number of nitrogens with two attached hydrogens (primary N) is 1. The fourth-order valence-electron chi connectivity index (χ4n) is 2.64. The number of nitrogen functional groups attached to an aromatic ring is 1. The van der Waals surface area contributed by atoms with Crippen LogP contribution < -0.4 is 10.6 Å². The molecule has 88 valence electrons. The summed E-state index contributed by atoms with van der Waals surface area (Å²) in [5.41, 5.74) is 7.97. The molecule has 0 radical (unpaired) electrons. The molecule has 1 aromatic carbocycles. The number of anilines is 2. The van der Waals surface area contributed by atoms with Gasteiger partial charge in [-0.25, -0.2) is 0 Å². The standard InChI is InChI=1S/C14H22N2/c1-2-16(11-12-6-3-4-7-12)14-9-5-8-13(15)10-14/h5,8-10,12H,2-4,6-7,11,15H2,1H3. The highest BCUT2D eigenvalue weighted by atomic mass is 15.1. The highest BCUT2D eigenvalue weighted by Gasteiger charge is 2.18. The van der Waals surface area contributed by atoms with Crippen LogP contribution in [-0.4, -0.2) is 13.1 Å². The lowest BCUT2D eigenvalue weighted by molar-refractivity contribution is 0.536. The van der Waals surface area contributed by atoms with Crippen molar-refractivity contribution in [3.05, 3.63) is 24.3 Å². The lowest BCUT2D eigenvalue weighted by atomic mass is 10.1. The smallest absolute Gasteiger partial charge is 0.0386 e. The van der Waals surface area contributed by atoms with Crippen molar-refractivity contribution in [2.75, 3.05) is 23.7 Å². The zero-order valence-electron chi connectivity index (χ0n) is 10.2. The molecule has 0 unspecified atom stereocenters. The van der Waals surface area contributed by atoms with Crippen LogP contribution in [0.15, 0.2) is 24.3 Å². The van der Waals surface area contributed by atoms with Crippen molar-refractivity contribution >= 4 is 11.4 Å². The molecule has 0 atom stereocenters. The number of hydrogen-bond acceptors (Lipinski definition) is 2. The Bertz CT molecular complexity index is 329. The molecular formula is C14H22N2. The Morgan fingerprint density at radius 2 is 2.06 bits per heavy atom. The van der Waals surface area contributed by atoms with Gasteiger partial charge in [-0.3, -0.25) is 0 Å². The van der Waals surface area contributed by atoms with Crippen molar-refractivity contribution in [2.24, 2.45) is 5.92 Å². The maximum atomic E-state index is 5.83. The molecule has 0 saturated heterocycles. The highest BCUT2D eigenvalue weighted by molar-refractivity contribution is 5.55. The summed E-state index contributed by atoms with van der Waals surface area (Å²) in [6.45, 7) is 4.48. The molecule has 0 amide bonds. The Hall–Kier alpha value is -1.18. The van der Waals surface area contributed by atoms with Crippen LogP contribution in [0.2, 0.25) is 0 Å². The molecule has 2 N–H and O–H groups in total. The van der Waals surface area contributed by atoms with E-state index in [9.17, 15) is 0 Å². The van der Waals surface area contributed by atoms with E-state index in [0.29, 0.717) is 0 Å². The predicted molar refractivity (Wildman–Crippen MR) is 70.7 cm³/mol. The topological polar surface area (TPSA) is 29.3 Å². The van der Waals surface area contributed by atoms with Crippen LogP contribution in [0.4, 0.5) is 11.4 Å². The quantitative estimate of drug-likeness (QED) is 0.786. The van der Waals surface area contributed by atoms with Crippen LogP contribution in [0.3, 0.4) is 0 Å². The predicted octanol–water partition coefficient (Wildman–Crippen LogP) is 3.29. The van der Waals surface area contributed by atoms with Crippen LogP contribution in [0.5, 0.6) is 0 Å². The van der Waals surface area contributed by atoms with Gasteiger partial charge in [0.25, 0.3) is 0 Å². The Morgan fingerprint density at radius 3 is 2.69 bits per heavy atom. The van der Waals surface area contributed by atoms with E-state index in [1.165, 1.54) is 37.9 Å². The SMILES string of the molecule is CCN(CC1CCCC1)c1cccc(N)c1. The summed E-state index contributed by atoms with van der Waals surface area (Å²) in [5, 5.41) is 0. The van der Waals surface area contributed by atoms with E-state index in [4.69, 9.17) is 5.73 Å². The molecular weight excluding hydrogens is 196 g/mol. The first-order valence-electron chi connectivity index (χ1n) is 6.40. The van der Waals surface area contributed by atoms with E-state index in [0.717, 1.165) is 18.2 Å². The van der Waals surface area contributed by atoms with Crippen molar-refractivity contribution in [1.82, 2.24) is 0 Å². The summed E-state index contributed by atoms with van der Waals surface area (Å²) in [5.74, 6) is 0.890. The number of benzene rings is 1. The number of hydrogen-bond donors (Lipinski definition) is 1. The Kier molecular flexibility index (Phi) is 3.70. The molecule has 0 aromatic heterocycles. The maximum absolute atomic E-state index is 5.83. The van der Waals surface area contributed by atoms with Crippen LogP contribution in [0.25, 0.3) is 0 Å². The molecule has 0 heterocycles. The van der Waals surface area contributed by atoms with Gasteiger partial charge in [0.15, 0.2) is 0 Å². The molecule has 0 bridgehead atoms. The second kappa shape index (κ2) is 5.24.